The van der Waals surface area contributed by atoms with E-state index in [0.717, 1.165) is 6.54 Å². The maximum Gasteiger partial charge on any atom is 0.128 e. The molecule has 1 unspecified atom stereocenters. The second-order valence-electron chi connectivity index (χ2n) is 5.54. The summed E-state index contributed by atoms with van der Waals surface area (Å²) in [5, 5.41) is 3.28. The molecule has 1 N–H and O–H groups in total. The standard InChI is InChI=1S/C14H19F2N/c1-9-6-13(16)11(7-12(9)15)10(2)17-8-14(3)4-5-14/h6-7,10,17H,4-5,8H2,1-3H3. The van der Waals surface area contributed by atoms with Crippen LogP contribution in [0.25, 0.3) is 0 Å². The van der Waals surface area contributed by atoms with E-state index >= 15 is 0 Å². The molecular weight excluding hydrogens is 220 g/mol. The normalized spacial score (nSPS) is 19.1. The summed E-state index contributed by atoms with van der Waals surface area (Å²) in [5.74, 6) is -0.669. The number of benzene rings is 1. The van der Waals surface area contributed by atoms with Gasteiger partial charge in [0.15, 0.2) is 0 Å². The monoisotopic (exact) mass is 239 g/mol. The molecule has 0 radical (unpaired) electrons. The quantitative estimate of drug-likeness (QED) is 0.844. The van der Waals surface area contributed by atoms with Crippen LogP contribution in [-0.4, -0.2) is 6.54 Å². The van der Waals surface area contributed by atoms with Gasteiger partial charge in [0, 0.05) is 18.2 Å². The third-order valence-electron chi connectivity index (χ3n) is 3.68. The predicted octanol–water partition coefficient (Wildman–Crippen LogP) is 3.72. The maximum atomic E-state index is 13.7. The van der Waals surface area contributed by atoms with Crippen molar-refractivity contribution in [3.05, 3.63) is 34.9 Å². The lowest BCUT2D eigenvalue weighted by Crippen LogP contribution is -2.26. The Balaban J connectivity index is 2.07. The Kier molecular flexibility index (Phi) is 3.21. The molecule has 0 aliphatic heterocycles. The average Bonchev–Trinajstić information content (AvgIpc) is 2.99. The second kappa shape index (κ2) is 4.37. The summed E-state index contributed by atoms with van der Waals surface area (Å²) < 4.78 is 27.1. The first kappa shape index (κ1) is 12.5. The average molecular weight is 239 g/mol. The van der Waals surface area contributed by atoms with Crippen LogP contribution in [0, 0.1) is 24.0 Å². The number of aryl methyl sites for hydroxylation is 1. The van der Waals surface area contributed by atoms with Gasteiger partial charge < -0.3 is 5.32 Å². The van der Waals surface area contributed by atoms with Gasteiger partial charge in [0.1, 0.15) is 11.6 Å². The molecule has 2 rings (SSSR count). The van der Waals surface area contributed by atoms with E-state index in [1.807, 2.05) is 6.92 Å². The molecule has 0 spiro atoms. The van der Waals surface area contributed by atoms with Crippen LogP contribution in [0.2, 0.25) is 0 Å². The molecule has 1 fully saturated rings. The molecule has 1 nitrogen and oxygen atoms in total. The maximum absolute atomic E-state index is 13.7. The van der Waals surface area contributed by atoms with E-state index in [0.29, 0.717) is 16.5 Å². The molecule has 1 saturated carbocycles. The number of hydrogen-bond acceptors (Lipinski definition) is 1. The summed E-state index contributed by atoms with van der Waals surface area (Å²) in [6.07, 6.45) is 2.44. The Hall–Kier alpha value is -0.960. The van der Waals surface area contributed by atoms with Crippen LogP contribution in [0.5, 0.6) is 0 Å². The van der Waals surface area contributed by atoms with Crippen LogP contribution >= 0.6 is 0 Å². The molecule has 1 aromatic carbocycles. The fourth-order valence-corrected chi connectivity index (χ4v) is 1.89. The Morgan fingerprint density at radius 2 is 1.94 bits per heavy atom. The minimum absolute atomic E-state index is 0.150. The molecular formula is C14H19F2N. The number of nitrogens with one attached hydrogen (secondary N) is 1. The molecule has 3 heteroatoms. The summed E-state index contributed by atoms with van der Waals surface area (Å²) in [4.78, 5) is 0. The number of rotatable bonds is 4. The summed E-state index contributed by atoms with van der Waals surface area (Å²) in [6, 6.07) is 2.42. The van der Waals surface area contributed by atoms with Gasteiger partial charge in [-0.15, -0.1) is 0 Å². The molecule has 0 amide bonds. The zero-order valence-corrected chi connectivity index (χ0v) is 10.6. The molecule has 1 aromatic rings. The fraction of sp³-hybridized carbons (Fsp3) is 0.571. The van der Waals surface area contributed by atoms with Gasteiger partial charge in [-0.3, -0.25) is 0 Å². The summed E-state index contributed by atoms with van der Waals surface area (Å²) in [6.45, 7) is 6.52. The van der Waals surface area contributed by atoms with Crippen LogP contribution in [0.3, 0.4) is 0 Å². The first-order valence-corrected chi connectivity index (χ1v) is 6.10. The highest BCUT2D eigenvalue weighted by Gasteiger charge is 2.37. The van der Waals surface area contributed by atoms with Gasteiger partial charge in [-0.2, -0.15) is 0 Å². The third kappa shape index (κ3) is 2.83. The smallest absolute Gasteiger partial charge is 0.128 e. The Labute approximate surface area is 101 Å². The topological polar surface area (TPSA) is 12.0 Å². The Morgan fingerprint density at radius 1 is 1.29 bits per heavy atom. The van der Waals surface area contributed by atoms with E-state index in [9.17, 15) is 8.78 Å². The van der Waals surface area contributed by atoms with Crippen molar-refractivity contribution in [1.29, 1.82) is 0 Å². The van der Waals surface area contributed by atoms with Crippen LogP contribution in [-0.2, 0) is 0 Å². The van der Waals surface area contributed by atoms with Crippen LogP contribution in [0.15, 0.2) is 12.1 Å². The molecule has 17 heavy (non-hydrogen) atoms. The predicted molar refractivity (Wildman–Crippen MR) is 64.9 cm³/mol. The minimum atomic E-state index is -0.340. The zero-order chi connectivity index (χ0) is 12.6. The van der Waals surface area contributed by atoms with Crippen LogP contribution in [0.1, 0.15) is 43.9 Å². The van der Waals surface area contributed by atoms with E-state index in [1.54, 1.807) is 6.92 Å². The molecule has 0 saturated heterocycles. The lowest BCUT2D eigenvalue weighted by atomic mass is 10.0. The highest BCUT2D eigenvalue weighted by atomic mass is 19.1. The largest absolute Gasteiger partial charge is 0.310 e. The first-order chi connectivity index (χ1) is 7.91. The van der Waals surface area contributed by atoms with Gasteiger partial charge in [0.2, 0.25) is 0 Å². The van der Waals surface area contributed by atoms with Crippen molar-refractivity contribution in [2.75, 3.05) is 6.54 Å². The summed E-state index contributed by atoms with van der Waals surface area (Å²) in [5.41, 5.74) is 1.14. The highest BCUT2D eigenvalue weighted by molar-refractivity contribution is 5.27. The number of hydrogen-bond donors (Lipinski definition) is 1. The van der Waals surface area contributed by atoms with Crippen molar-refractivity contribution < 1.29 is 8.78 Å². The van der Waals surface area contributed by atoms with E-state index in [2.05, 4.69) is 12.2 Å². The zero-order valence-electron chi connectivity index (χ0n) is 10.6. The van der Waals surface area contributed by atoms with Gasteiger partial charge in [-0.05, 0) is 49.8 Å². The van der Waals surface area contributed by atoms with Gasteiger partial charge in [-0.1, -0.05) is 6.92 Å². The molecule has 1 aliphatic carbocycles. The Morgan fingerprint density at radius 3 is 2.53 bits per heavy atom. The molecule has 1 atom stereocenters. The van der Waals surface area contributed by atoms with Crippen molar-refractivity contribution in [2.45, 2.75) is 39.7 Å². The lowest BCUT2D eigenvalue weighted by Gasteiger charge is -2.18. The van der Waals surface area contributed by atoms with Gasteiger partial charge in [0.05, 0.1) is 0 Å². The second-order valence-corrected chi connectivity index (χ2v) is 5.54. The van der Waals surface area contributed by atoms with E-state index in [1.165, 1.54) is 25.0 Å². The van der Waals surface area contributed by atoms with E-state index in [-0.39, 0.29) is 17.7 Å². The molecule has 0 bridgehead atoms. The van der Waals surface area contributed by atoms with E-state index < -0.39 is 0 Å². The van der Waals surface area contributed by atoms with Crippen molar-refractivity contribution in [3.8, 4) is 0 Å². The van der Waals surface area contributed by atoms with Crippen molar-refractivity contribution in [1.82, 2.24) is 5.32 Å². The third-order valence-corrected chi connectivity index (χ3v) is 3.68. The van der Waals surface area contributed by atoms with E-state index in [4.69, 9.17) is 0 Å². The summed E-state index contributed by atoms with van der Waals surface area (Å²) in [7, 11) is 0. The van der Waals surface area contributed by atoms with Crippen LogP contribution < -0.4 is 5.32 Å². The fourth-order valence-electron chi connectivity index (χ4n) is 1.89. The first-order valence-electron chi connectivity index (χ1n) is 6.10. The minimum Gasteiger partial charge on any atom is -0.310 e. The Bertz CT molecular complexity index is 424. The van der Waals surface area contributed by atoms with Crippen molar-refractivity contribution >= 4 is 0 Å². The molecule has 0 heterocycles. The van der Waals surface area contributed by atoms with Gasteiger partial charge in [0.25, 0.3) is 0 Å². The van der Waals surface area contributed by atoms with Crippen LogP contribution in [0.4, 0.5) is 8.78 Å². The van der Waals surface area contributed by atoms with Gasteiger partial charge >= 0.3 is 0 Å². The lowest BCUT2D eigenvalue weighted by molar-refractivity contribution is 0.444. The molecule has 0 aromatic heterocycles. The molecule has 94 valence electrons. The number of halogens is 2. The summed E-state index contributed by atoms with van der Waals surface area (Å²) >= 11 is 0. The van der Waals surface area contributed by atoms with Crippen molar-refractivity contribution in [3.63, 3.8) is 0 Å². The highest BCUT2D eigenvalue weighted by Crippen LogP contribution is 2.44. The SMILES string of the molecule is Cc1cc(F)c(C(C)NCC2(C)CC2)cc1F. The van der Waals surface area contributed by atoms with Gasteiger partial charge in [-0.25, -0.2) is 8.78 Å². The molecule has 1 aliphatic rings. The van der Waals surface area contributed by atoms with Crippen molar-refractivity contribution in [2.24, 2.45) is 5.41 Å².